The van der Waals surface area contributed by atoms with Crippen LogP contribution >= 0.6 is 0 Å². The molecule has 0 bridgehead atoms. The SMILES string of the molecule is CN1c2cccnc2N2c3ccccc3CC12.Cc1cc(-c2[c-]cccc2)ncc1-c1ccccc1.Cc1ccccc1-c1ccnc(-c2[c-]cccc2)c1.[Ir].[Ir].[Ir].[c-]1ccc(-n2c3ccccc3c3ccccc32)cc1-c1ccccn1.[c-]1ccccc1-c1ccccn1.[c-]1ccccc1-c1ccccn1. The van der Waals surface area contributed by atoms with Crippen LogP contribution in [0.1, 0.15) is 16.7 Å². The first kappa shape index (κ1) is 76.6. The van der Waals surface area contributed by atoms with Crippen LogP contribution in [-0.2, 0) is 66.7 Å². The van der Waals surface area contributed by atoms with Crippen LogP contribution in [0.4, 0.5) is 17.2 Å². The van der Waals surface area contributed by atoms with Gasteiger partial charge in [-0.25, -0.2) is 4.98 Å². The van der Waals surface area contributed by atoms with Crippen LogP contribution in [0.3, 0.4) is 0 Å². The number of anilines is 3. The zero-order chi connectivity index (χ0) is 70.7. The maximum atomic E-state index is 4.55. The molecular formula is C95H72Ir3N9-5. The molecule has 1 unspecified atom stereocenters. The molecule has 2 aliphatic rings. The predicted octanol–water partition coefficient (Wildman–Crippen LogP) is 22.3. The normalized spacial score (nSPS) is 11.7. The molecule has 0 spiro atoms. The Bertz CT molecular complexity index is 5390. The molecule has 12 heteroatoms. The molecule has 0 N–H and O–H groups in total. The maximum absolute atomic E-state index is 4.55. The Hall–Kier alpha value is -11.6. The molecule has 107 heavy (non-hydrogen) atoms. The van der Waals surface area contributed by atoms with E-state index < -0.39 is 0 Å². The largest absolute Gasteiger partial charge is 0.351 e. The number of pyridine rings is 6. The first-order valence-corrected chi connectivity index (χ1v) is 34.6. The molecule has 9 heterocycles. The second kappa shape index (κ2) is 37.9. The van der Waals surface area contributed by atoms with E-state index in [0.717, 1.165) is 74.2 Å². The summed E-state index contributed by atoms with van der Waals surface area (Å²) in [6, 6.07) is 126. The van der Waals surface area contributed by atoms with Gasteiger partial charge in [0.2, 0.25) is 0 Å². The van der Waals surface area contributed by atoms with Crippen molar-refractivity contribution in [3.8, 4) is 84.2 Å². The van der Waals surface area contributed by atoms with Crippen LogP contribution in [-0.4, -0.2) is 47.7 Å². The molecule has 0 fully saturated rings. The van der Waals surface area contributed by atoms with E-state index in [1.165, 1.54) is 72.1 Å². The maximum Gasteiger partial charge on any atom is 0.158 e. The topological polar surface area (TPSA) is 88.8 Å². The number of hydrogen-bond acceptors (Lipinski definition) is 8. The Morgan fingerprint density at radius 2 is 0.794 bits per heavy atom. The second-order valence-electron chi connectivity index (χ2n) is 24.7. The van der Waals surface area contributed by atoms with Gasteiger partial charge in [0.05, 0.1) is 16.7 Å². The molecule has 9 nitrogen and oxygen atoms in total. The number of nitrogens with zero attached hydrogens (tertiary/aromatic N) is 9. The summed E-state index contributed by atoms with van der Waals surface area (Å²) in [5.74, 6) is 1.09. The molecule has 3 radical (unpaired) electrons. The molecule has 0 saturated heterocycles. The van der Waals surface area contributed by atoms with Gasteiger partial charge in [0.1, 0.15) is 6.17 Å². The zero-order valence-corrected chi connectivity index (χ0v) is 66.1. The van der Waals surface area contributed by atoms with Crippen LogP contribution in [0.2, 0.25) is 0 Å². The van der Waals surface area contributed by atoms with Crippen molar-refractivity contribution >= 4 is 39.0 Å². The third-order valence-electron chi connectivity index (χ3n) is 18.0. The number of aromatic nitrogens is 7. The molecule has 17 aromatic rings. The van der Waals surface area contributed by atoms with E-state index in [4.69, 9.17) is 0 Å². The second-order valence-corrected chi connectivity index (χ2v) is 24.7. The van der Waals surface area contributed by atoms with Gasteiger partial charge in [-0.2, -0.15) is 0 Å². The van der Waals surface area contributed by atoms with E-state index >= 15 is 0 Å². The van der Waals surface area contributed by atoms with Gasteiger partial charge in [-0.05, 0) is 136 Å². The van der Waals surface area contributed by atoms with E-state index in [2.05, 4.69) is 241 Å². The van der Waals surface area contributed by atoms with E-state index in [-0.39, 0.29) is 60.3 Å². The van der Waals surface area contributed by atoms with Crippen molar-refractivity contribution < 1.29 is 60.3 Å². The molecular weight excluding hydrogens is 1840 g/mol. The smallest absolute Gasteiger partial charge is 0.158 e. The van der Waals surface area contributed by atoms with Crippen molar-refractivity contribution in [2.45, 2.75) is 26.4 Å². The Morgan fingerprint density at radius 3 is 1.35 bits per heavy atom. The number of para-hydroxylation sites is 3. The summed E-state index contributed by atoms with van der Waals surface area (Å²) in [6.45, 7) is 4.25. The minimum absolute atomic E-state index is 0. The Balaban J connectivity index is 0.000000129. The number of benzene rings is 10. The standard InChI is InChI=1S/C23H15N2.2C18H14N.C14H13N3.2C11H8N.3Ir/c1-3-13-22-19(10-1)20-11-2-4-14-23(20)25(22)18-9-7-8-17(16-18)21-12-5-6-15-24-21;1-14-12-18(16-10-6-3-7-11-16)19-13-17(14)15-8-4-2-5-9-15;1-14-7-5-6-10-17(14)16-11-12-19-18(13-16)15-8-3-2-4-9-15;1-16-12-7-4-8-15-14(12)17-11-6-3-2-5-10(11)9-13(16)17;2*1-2-6-10(7-3-1)11-8-4-5-9-12-11;;;/h1-7,9-16H;2-10,12-13H,1H3;2-8,10-13H,1H3;2-8,13H,9H2,1H3;2*1-6,8-9H;;;/q3*-1;;2*-1;;;. The predicted molar refractivity (Wildman–Crippen MR) is 426 cm³/mol. The molecule has 0 aliphatic carbocycles. The molecule has 1 atom stereocenters. The fraction of sp³-hybridized carbons (Fsp3) is 0.0526. The number of rotatable bonds is 8. The summed E-state index contributed by atoms with van der Waals surface area (Å²) in [7, 11) is 2.15. The van der Waals surface area contributed by atoms with E-state index in [1.807, 2.05) is 207 Å². The van der Waals surface area contributed by atoms with Gasteiger partial charge in [-0.3, -0.25) is 0 Å². The summed E-state index contributed by atoms with van der Waals surface area (Å²) >= 11 is 0. The zero-order valence-electron chi connectivity index (χ0n) is 59.0. The molecule has 529 valence electrons. The van der Waals surface area contributed by atoms with Gasteiger partial charge in [0.15, 0.2) is 5.82 Å². The number of hydrogen-bond donors (Lipinski definition) is 0. The molecule has 0 saturated carbocycles. The molecule has 10 aromatic carbocycles. The third-order valence-corrected chi connectivity index (χ3v) is 18.0. The summed E-state index contributed by atoms with van der Waals surface area (Å²) < 4.78 is 2.31. The van der Waals surface area contributed by atoms with Crippen molar-refractivity contribution in [3.05, 3.63) is 412 Å². The number of likely N-dealkylation sites (N-methyl/N-ethyl adjacent to an activating group) is 1. The van der Waals surface area contributed by atoms with Crippen LogP contribution < -0.4 is 9.80 Å². The Labute approximate surface area is 667 Å². The van der Waals surface area contributed by atoms with Gasteiger partial charge >= 0.3 is 0 Å². The average Bonchev–Trinajstić information content (AvgIpc) is 1.59. The number of fused-ring (bicyclic) bond motifs is 8. The van der Waals surface area contributed by atoms with E-state index in [1.54, 1.807) is 12.4 Å². The van der Waals surface area contributed by atoms with Crippen molar-refractivity contribution in [2.24, 2.45) is 0 Å². The third kappa shape index (κ3) is 18.6. The van der Waals surface area contributed by atoms with Gasteiger partial charge < -0.3 is 39.3 Å². The van der Waals surface area contributed by atoms with Crippen LogP contribution in [0.25, 0.3) is 106 Å². The quantitative estimate of drug-likeness (QED) is 0.139. The molecule has 7 aromatic heterocycles. The van der Waals surface area contributed by atoms with E-state index in [9.17, 15) is 0 Å². The Kier molecular flexibility index (Phi) is 27.1. The monoisotopic (exact) mass is 1920 g/mol. The van der Waals surface area contributed by atoms with Crippen LogP contribution in [0.5, 0.6) is 0 Å². The molecule has 19 rings (SSSR count). The van der Waals surface area contributed by atoms with Crippen molar-refractivity contribution in [2.75, 3.05) is 16.8 Å². The summed E-state index contributed by atoms with van der Waals surface area (Å²) in [5, 5.41) is 2.54. The molecule has 2 aliphatic heterocycles. The first-order chi connectivity index (χ1) is 51.4. The van der Waals surface area contributed by atoms with Crippen LogP contribution in [0.15, 0.2) is 365 Å². The number of aryl methyl sites for hydroxylation is 2. The van der Waals surface area contributed by atoms with Gasteiger partial charge in [-0.1, -0.05) is 158 Å². The Morgan fingerprint density at radius 1 is 0.327 bits per heavy atom. The minimum Gasteiger partial charge on any atom is -0.351 e. The average molecular weight is 1920 g/mol. The summed E-state index contributed by atoms with van der Waals surface area (Å²) in [5.41, 5.74) is 24.8. The fourth-order valence-corrected chi connectivity index (χ4v) is 12.9. The van der Waals surface area contributed by atoms with Gasteiger partial charge in [-0.15, -0.1) is 173 Å². The van der Waals surface area contributed by atoms with Gasteiger partial charge in [0.25, 0.3) is 0 Å². The van der Waals surface area contributed by atoms with Crippen molar-refractivity contribution in [3.63, 3.8) is 0 Å². The van der Waals surface area contributed by atoms with Crippen molar-refractivity contribution in [1.82, 2.24) is 34.5 Å². The van der Waals surface area contributed by atoms with E-state index in [0.29, 0.717) is 6.17 Å². The summed E-state index contributed by atoms with van der Waals surface area (Å²) in [4.78, 5) is 31.1. The molecule has 0 amide bonds. The fourth-order valence-electron chi connectivity index (χ4n) is 12.9. The van der Waals surface area contributed by atoms with Crippen LogP contribution in [0, 0.1) is 44.2 Å². The van der Waals surface area contributed by atoms with Crippen molar-refractivity contribution in [1.29, 1.82) is 0 Å². The van der Waals surface area contributed by atoms with Gasteiger partial charge in [0, 0.05) is 133 Å². The first-order valence-electron chi connectivity index (χ1n) is 34.6. The minimum atomic E-state index is 0. The summed E-state index contributed by atoms with van der Waals surface area (Å²) in [6.07, 6.45) is 12.5.